The second-order valence-electron chi connectivity index (χ2n) is 5.07. The largest absolute Gasteiger partial charge is 0.383 e. The highest BCUT2D eigenvalue weighted by Gasteiger charge is 2.19. The first-order valence-corrected chi connectivity index (χ1v) is 7.80. The summed E-state index contributed by atoms with van der Waals surface area (Å²) >= 11 is 1.66. The molecule has 108 valence electrons. The second-order valence-corrected chi connectivity index (χ2v) is 6.25. The van der Waals surface area contributed by atoms with E-state index in [2.05, 4.69) is 24.0 Å². The van der Waals surface area contributed by atoms with E-state index < -0.39 is 0 Å². The number of pyridine rings is 1. The van der Waals surface area contributed by atoms with Crippen molar-refractivity contribution in [3.8, 4) is 22.5 Å². The van der Waals surface area contributed by atoms with Gasteiger partial charge in [-0.2, -0.15) is 0 Å². The number of rotatable bonds is 2. The number of nitrogen functional groups attached to an aromatic ring is 1. The number of thiazole rings is 1. The topological polar surface area (TPSA) is 56.2 Å². The van der Waals surface area contributed by atoms with E-state index in [9.17, 15) is 0 Å². The van der Waals surface area contributed by atoms with Crippen LogP contribution >= 0.6 is 11.3 Å². The number of imidazole rings is 1. The molecule has 0 saturated carbocycles. The first kappa shape index (κ1) is 13.0. The quantitative estimate of drug-likeness (QED) is 0.608. The van der Waals surface area contributed by atoms with Gasteiger partial charge in [0.1, 0.15) is 11.5 Å². The highest BCUT2D eigenvalue weighted by atomic mass is 32.1. The van der Waals surface area contributed by atoms with E-state index in [1.807, 2.05) is 34.7 Å². The first-order valence-electron chi connectivity index (χ1n) is 6.99. The summed E-state index contributed by atoms with van der Waals surface area (Å²) in [7, 11) is 0. The minimum Gasteiger partial charge on any atom is -0.383 e. The number of nitrogens with two attached hydrogens (primary N) is 1. The van der Waals surface area contributed by atoms with E-state index in [0.29, 0.717) is 5.82 Å². The summed E-state index contributed by atoms with van der Waals surface area (Å²) in [5.74, 6) is 0.671. The molecule has 1 aromatic carbocycles. The fraction of sp³-hybridized carbons (Fsp3) is 0.0588. The van der Waals surface area contributed by atoms with E-state index in [4.69, 9.17) is 10.7 Å². The molecule has 22 heavy (non-hydrogen) atoms. The Bertz CT molecular complexity index is 939. The molecule has 3 heterocycles. The predicted molar refractivity (Wildman–Crippen MR) is 90.9 cm³/mol. The van der Waals surface area contributed by atoms with E-state index in [-0.39, 0.29) is 0 Å². The SMILES string of the molecule is Cc1sc2nc(-c3ccncc3)c(N)n2c1-c1ccccc1. The van der Waals surface area contributed by atoms with Crippen molar-refractivity contribution in [1.82, 2.24) is 14.4 Å². The van der Waals surface area contributed by atoms with Gasteiger partial charge in [-0.3, -0.25) is 9.38 Å². The summed E-state index contributed by atoms with van der Waals surface area (Å²) in [6, 6.07) is 14.1. The Kier molecular flexibility index (Phi) is 2.94. The number of aryl methyl sites for hydroxylation is 1. The number of anilines is 1. The Hall–Kier alpha value is -2.66. The van der Waals surface area contributed by atoms with Gasteiger partial charge in [0.05, 0.1) is 5.69 Å². The Balaban J connectivity index is 2.00. The second kappa shape index (κ2) is 4.96. The Labute approximate surface area is 131 Å². The van der Waals surface area contributed by atoms with Crippen LogP contribution in [0.25, 0.3) is 27.5 Å². The average Bonchev–Trinajstić information content (AvgIpc) is 3.05. The normalized spacial score (nSPS) is 11.1. The van der Waals surface area contributed by atoms with Crippen LogP contribution in [-0.2, 0) is 0 Å². The van der Waals surface area contributed by atoms with Crippen LogP contribution in [-0.4, -0.2) is 14.4 Å². The molecule has 0 radical (unpaired) electrons. The molecule has 0 aliphatic carbocycles. The van der Waals surface area contributed by atoms with E-state index in [1.165, 1.54) is 4.88 Å². The summed E-state index contributed by atoms with van der Waals surface area (Å²) in [4.78, 5) is 10.9. The zero-order valence-electron chi connectivity index (χ0n) is 12.0. The maximum atomic E-state index is 6.41. The molecular weight excluding hydrogens is 292 g/mol. The molecule has 0 unspecified atom stereocenters. The number of hydrogen-bond donors (Lipinski definition) is 1. The fourth-order valence-electron chi connectivity index (χ4n) is 2.69. The van der Waals surface area contributed by atoms with Gasteiger partial charge >= 0.3 is 0 Å². The first-order chi connectivity index (χ1) is 10.8. The molecule has 0 fully saturated rings. The lowest BCUT2D eigenvalue weighted by atomic mass is 10.1. The molecule has 4 rings (SSSR count). The third-order valence-electron chi connectivity index (χ3n) is 3.68. The maximum absolute atomic E-state index is 6.41. The Morgan fingerprint density at radius 3 is 2.45 bits per heavy atom. The summed E-state index contributed by atoms with van der Waals surface area (Å²) in [5, 5.41) is 0. The molecule has 0 bridgehead atoms. The van der Waals surface area contributed by atoms with Crippen LogP contribution in [0.4, 0.5) is 5.82 Å². The monoisotopic (exact) mass is 306 g/mol. The minimum absolute atomic E-state index is 0.671. The fourth-order valence-corrected chi connectivity index (χ4v) is 3.69. The molecule has 3 aromatic heterocycles. The molecular formula is C17H14N4S. The zero-order valence-corrected chi connectivity index (χ0v) is 12.8. The highest BCUT2D eigenvalue weighted by molar-refractivity contribution is 7.17. The van der Waals surface area contributed by atoms with Gasteiger partial charge in [0.15, 0.2) is 4.96 Å². The van der Waals surface area contributed by atoms with Crippen LogP contribution in [0.3, 0.4) is 0 Å². The number of aromatic nitrogens is 3. The molecule has 0 aliphatic rings. The van der Waals surface area contributed by atoms with Crippen molar-refractivity contribution in [3.05, 3.63) is 59.7 Å². The lowest BCUT2D eigenvalue weighted by molar-refractivity contribution is 1.23. The van der Waals surface area contributed by atoms with Gasteiger partial charge in [-0.1, -0.05) is 30.3 Å². The van der Waals surface area contributed by atoms with Crippen LogP contribution < -0.4 is 5.73 Å². The minimum atomic E-state index is 0.671. The standard InChI is InChI=1S/C17H14N4S/c1-11-15(13-5-3-2-4-6-13)21-16(18)14(20-17(21)22-11)12-7-9-19-10-8-12/h2-10H,18H2,1H3. The molecule has 0 saturated heterocycles. The van der Waals surface area contributed by atoms with Crippen molar-refractivity contribution in [3.63, 3.8) is 0 Å². The molecule has 5 heteroatoms. The van der Waals surface area contributed by atoms with Crippen LogP contribution in [0, 0.1) is 6.92 Å². The van der Waals surface area contributed by atoms with Crippen LogP contribution in [0.5, 0.6) is 0 Å². The number of fused-ring (bicyclic) bond motifs is 1. The highest BCUT2D eigenvalue weighted by Crippen LogP contribution is 2.37. The van der Waals surface area contributed by atoms with Gasteiger partial charge in [0, 0.05) is 22.8 Å². The summed E-state index contributed by atoms with van der Waals surface area (Å²) in [5.41, 5.74) is 10.5. The Morgan fingerprint density at radius 1 is 1.00 bits per heavy atom. The molecule has 0 atom stereocenters. The van der Waals surface area contributed by atoms with Gasteiger partial charge in [-0.15, -0.1) is 11.3 Å². The van der Waals surface area contributed by atoms with Crippen molar-refractivity contribution >= 4 is 22.1 Å². The maximum Gasteiger partial charge on any atom is 0.196 e. The number of benzene rings is 1. The average molecular weight is 306 g/mol. The molecule has 0 amide bonds. The number of hydrogen-bond acceptors (Lipinski definition) is 4. The van der Waals surface area contributed by atoms with E-state index >= 15 is 0 Å². The predicted octanol–water partition coefficient (Wildman–Crippen LogP) is 4.02. The van der Waals surface area contributed by atoms with Crippen LogP contribution in [0.2, 0.25) is 0 Å². The van der Waals surface area contributed by atoms with Gasteiger partial charge in [0.25, 0.3) is 0 Å². The molecule has 0 aliphatic heterocycles. The van der Waals surface area contributed by atoms with Crippen molar-refractivity contribution in [2.75, 3.05) is 5.73 Å². The van der Waals surface area contributed by atoms with Crippen molar-refractivity contribution < 1.29 is 0 Å². The molecule has 4 nitrogen and oxygen atoms in total. The lowest BCUT2D eigenvalue weighted by Gasteiger charge is -2.04. The summed E-state index contributed by atoms with van der Waals surface area (Å²) < 4.78 is 2.05. The third kappa shape index (κ3) is 1.90. The van der Waals surface area contributed by atoms with Crippen LogP contribution in [0.1, 0.15) is 4.88 Å². The molecule has 0 spiro atoms. The lowest BCUT2D eigenvalue weighted by Crippen LogP contribution is -1.96. The molecule has 4 aromatic rings. The van der Waals surface area contributed by atoms with Gasteiger partial charge in [-0.25, -0.2) is 4.98 Å². The summed E-state index contributed by atoms with van der Waals surface area (Å²) in [6.45, 7) is 2.10. The van der Waals surface area contributed by atoms with Crippen molar-refractivity contribution in [2.24, 2.45) is 0 Å². The van der Waals surface area contributed by atoms with Gasteiger partial charge in [0.2, 0.25) is 0 Å². The molecule has 2 N–H and O–H groups in total. The summed E-state index contributed by atoms with van der Waals surface area (Å²) in [6.07, 6.45) is 3.51. The van der Waals surface area contributed by atoms with Crippen molar-refractivity contribution in [1.29, 1.82) is 0 Å². The van der Waals surface area contributed by atoms with Crippen molar-refractivity contribution in [2.45, 2.75) is 6.92 Å². The number of nitrogens with zero attached hydrogens (tertiary/aromatic N) is 3. The van der Waals surface area contributed by atoms with E-state index in [1.54, 1.807) is 23.7 Å². The smallest absolute Gasteiger partial charge is 0.196 e. The van der Waals surface area contributed by atoms with Crippen LogP contribution in [0.15, 0.2) is 54.9 Å². The van der Waals surface area contributed by atoms with E-state index in [0.717, 1.165) is 27.5 Å². The van der Waals surface area contributed by atoms with Gasteiger partial charge in [-0.05, 0) is 24.6 Å². The zero-order chi connectivity index (χ0) is 15.1. The Morgan fingerprint density at radius 2 is 1.73 bits per heavy atom. The van der Waals surface area contributed by atoms with Gasteiger partial charge < -0.3 is 5.73 Å². The third-order valence-corrected chi connectivity index (χ3v) is 4.64.